The number of rotatable bonds is 37. The Labute approximate surface area is 345 Å². The first-order valence-corrected chi connectivity index (χ1v) is 22.6. The van der Waals surface area contributed by atoms with Crippen LogP contribution in [-0.2, 0) is 32.7 Å². The summed E-state index contributed by atoms with van der Waals surface area (Å²) in [6.07, 6.45) is 56.6. The third-order valence-corrected chi connectivity index (χ3v) is 8.92. The Morgan fingerprint density at radius 3 is 1.56 bits per heavy atom. The molecule has 0 aliphatic rings. The first kappa shape index (κ1) is 53.4. The van der Waals surface area contributed by atoms with Gasteiger partial charge in [-0.15, -0.1) is 0 Å². The summed E-state index contributed by atoms with van der Waals surface area (Å²) >= 11 is 0. The molecule has 0 radical (unpaired) electrons. The number of phosphoric ester groups is 1. The Kier molecular flexibility index (Phi) is 39.4. The van der Waals surface area contributed by atoms with E-state index in [2.05, 4.69) is 98.9 Å². The number of phosphoric acid groups is 1. The summed E-state index contributed by atoms with van der Waals surface area (Å²) in [7, 11) is -4.40. The number of carbonyl (C=O) groups excluding carboxylic acids is 2. The highest BCUT2D eigenvalue weighted by molar-refractivity contribution is 7.47. The normalized spacial score (nSPS) is 14.5. The molecule has 0 aromatic heterocycles. The van der Waals surface area contributed by atoms with E-state index in [1.54, 1.807) is 0 Å². The zero-order valence-corrected chi connectivity index (χ0v) is 35.9. The van der Waals surface area contributed by atoms with Crippen LogP contribution in [0.1, 0.15) is 129 Å². The smallest absolute Gasteiger partial charge is 0.462 e. The van der Waals surface area contributed by atoms with Gasteiger partial charge in [-0.05, 0) is 83.5 Å². The summed E-state index contributed by atoms with van der Waals surface area (Å²) in [4.78, 5) is 34.8. The van der Waals surface area contributed by atoms with Crippen LogP contribution in [0.3, 0.4) is 0 Å². The van der Waals surface area contributed by atoms with Crippen LogP contribution >= 0.6 is 7.82 Å². The third-order valence-electron chi connectivity index (χ3n) is 7.94. The molecule has 320 valence electrons. The highest BCUT2D eigenvalue weighted by Crippen LogP contribution is 2.43. The van der Waals surface area contributed by atoms with Crippen molar-refractivity contribution in [3.63, 3.8) is 0 Å². The number of unbranched alkanes of at least 4 members (excludes halogenated alkanes) is 7. The van der Waals surface area contributed by atoms with E-state index in [0.29, 0.717) is 12.8 Å². The van der Waals surface area contributed by atoms with Crippen molar-refractivity contribution in [2.45, 2.75) is 136 Å². The molecule has 0 amide bonds. The van der Waals surface area contributed by atoms with Crippen LogP contribution in [0.2, 0.25) is 0 Å². The fraction of sp³-hybridized carbons (Fsp3) is 0.532. The summed E-state index contributed by atoms with van der Waals surface area (Å²) < 4.78 is 32.7. The molecular weight excluding hydrogens is 737 g/mol. The molecule has 0 aromatic carbocycles. The van der Waals surface area contributed by atoms with Crippen LogP contribution < -0.4 is 5.73 Å². The van der Waals surface area contributed by atoms with Crippen molar-refractivity contribution >= 4 is 19.8 Å². The maximum absolute atomic E-state index is 12.5. The lowest BCUT2D eigenvalue weighted by Gasteiger charge is -2.19. The van der Waals surface area contributed by atoms with Gasteiger partial charge in [-0.25, -0.2) is 4.57 Å². The molecule has 0 saturated heterocycles. The second-order valence-corrected chi connectivity index (χ2v) is 14.6. The zero-order chi connectivity index (χ0) is 41.8. The molecular formula is C47H74NO8P. The van der Waals surface area contributed by atoms with E-state index in [0.717, 1.165) is 89.9 Å². The molecule has 2 unspecified atom stereocenters. The van der Waals surface area contributed by atoms with Crippen molar-refractivity contribution < 1.29 is 37.6 Å². The second-order valence-electron chi connectivity index (χ2n) is 13.2. The number of allylic oxidation sites excluding steroid dienone is 20. The Morgan fingerprint density at radius 1 is 0.544 bits per heavy atom. The van der Waals surface area contributed by atoms with E-state index in [4.69, 9.17) is 24.3 Å². The third kappa shape index (κ3) is 41.9. The van der Waals surface area contributed by atoms with Crippen molar-refractivity contribution in [1.82, 2.24) is 0 Å². The summed E-state index contributed by atoms with van der Waals surface area (Å²) in [6, 6.07) is 0. The van der Waals surface area contributed by atoms with E-state index in [-0.39, 0.29) is 32.6 Å². The van der Waals surface area contributed by atoms with Crippen LogP contribution in [0.4, 0.5) is 0 Å². The molecule has 0 fully saturated rings. The molecule has 0 heterocycles. The maximum atomic E-state index is 12.5. The van der Waals surface area contributed by atoms with Gasteiger partial charge in [0.2, 0.25) is 0 Å². The average molecular weight is 812 g/mol. The molecule has 0 rings (SSSR count). The first-order valence-electron chi connectivity index (χ1n) is 21.1. The highest BCUT2D eigenvalue weighted by Gasteiger charge is 2.25. The molecule has 57 heavy (non-hydrogen) atoms. The molecule has 9 nitrogen and oxygen atoms in total. The summed E-state index contributed by atoms with van der Waals surface area (Å²) in [5.41, 5.74) is 5.33. The summed E-state index contributed by atoms with van der Waals surface area (Å²) in [5, 5.41) is 0. The molecule has 0 spiro atoms. The SMILES string of the molecule is CC/C=C/C=C/C=C/C=C/CCCCCC(=O)OC(COC(=O)CCCCCC/C=C/C/C=C/C/C=C/C/C=C/C/C=C/C/C=C/CC)COP(=O)(O)OCCN. The van der Waals surface area contributed by atoms with Gasteiger partial charge in [0.25, 0.3) is 0 Å². The van der Waals surface area contributed by atoms with Crippen LogP contribution in [0, 0.1) is 0 Å². The molecule has 10 heteroatoms. The standard InChI is InChI=1S/C47H74NO8P/c1-3-5-7-9-11-13-15-17-18-19-20-21-22-23-24-25-26-28-29-31-33-35-37-39-46(49)53-43-45(44-55-57(51,52)54-42-41-48)56-47(50)40-38-36-34-32-30-27-16-14-12-10-8-6-4-2/h5-8,10-14,16-18,20-21,23-24,26-28,30,45H,3-4,9,15,19,22,25,29,31-44,48H2,1-2H3,(H,51,52)/b7-5+,8-6+,12-10+,13-11+,16-14+,18-17+,21-20+,24-23+,28-26+,30-27+. The minimum Gasteiger partial charge on any atom is -0.462 e. The van der Waals surface area contributed by atoms with Crippen molar-refractivity contribution in [2.24, 2.45) is 5.73 Å². The number of hydrogen-bond donors (Lipinski definition) is 2. The van der Waals surface area contributed by atoms with Gasteiger partial charge < -0.3 is 20.1 Å². The fourth-order valence-corrected chi connectivity index (χ4v) is 5.65. The first-order chi connectivity index (χ1) is 27.8. The minimum absolute atomic E-state index is 0.0349. The van der Waals surface area contributed by atoms with Gasteiger partial charge in [-0.2, -0.15) is 0 Å². The van der Waals surface area contributed by atoms with Gasteiger partial charge in [0.15, 0.2) is 6.10 Å². The molecule has 0 bridgehead atoms. The van der Waals surface area contributed by atoms with Crippen LogP contribution in [-0.4, -0.2) is 49.3 Å². The van der Waals surface area contributed by atoms with Gasteiger partial charge in [-0.3, -0.25) is 18.6 Å². The molecule has 0 aromatic rings. The maximum Gasteiger partial charge on any atom is 0.472 e. The topological polar surface area (TPSA) is 134 Å². The minimum atomic E-state index is -4.40. The molecule has 0 aliphatic heterocycles. The quantitative estimate of drug-likeness (QED) is 0.0207. The lowest BCUT2D eigenvalue weighted by atomic mass is 10.1. The van der Waals surface area contributed by atoms with E-state index in [1.807, 2.05) is 36.5 Å². The van der Waals surface area contributed by atoms with Crippen molar-refractivity contribution in [2.75, 3.05) is 26.4 Å². The Balaban J connectivity index is 4.27. The van der Waals surface area contributed by atoms with Crippen molar-refractivity contribution in [3.05, 3.63) is 122 Å². The van der Waals surface area contributed by atoms with E-state index in [9.17, 15) is 19.0 Å². The Bertz CT molecular complexity index is 1340. The van der Waals surface area contributed by atoms with Gasteiger partial charge >= 0.3 is 19.8 Å². The predicted octanol–water partition coefficient (Wildman–Crippen LogP) is 12.2. The number of ether oxygens (including phenoxy) is 2. The molecule has 0 saturated carbocycles. The van der Waals surface area contributed by atoms with Gasteiger partial charge in [-0.1, -0.05) is 155 Å². The molecule has 0 aliphatic carbocycles. The van der Waals surface area contributed by atoms with Crippen molar-refractivity contribution in [1.29, 1.82) is 0 Å². The summed E-state index contributed by atoms with van der Waals surface area (Å²) in [5.74, 6) is -0.920. The van der Waals surface area contributed by atoms with E-state index in [1.165, 1.54) is 0 Å². The van der Waals surface area contributed by atoms with Crippen LogP contribution in [0.5, 0.6) is 0 Å². The number of esters is 2. The lowest BCUT2D eigenvalue weighted by molar-refractivity contribution is -0.161. The monoisotopic (exact) mass is 812 g/mol. The Morgan fingerprint density at radius 2 is 1.00 bits per heavy atom. The number of nitrogens with two attached hydrogens (primary N) is 1. The molecule has 3 N–H and O–H groups in total. The van der Waals surface area contributed by atoms with Crippen molar-refractivity contribution in [3.8, 4) is 0 Å². The summed E-state index contributed by atoms with van der Waals surface area (Å²) in [6.45, 7) is 3.35. The number of hydrogen-bond acceptors (Lipinski definition) is 8. The number of carbonyl (C=O) groups is 2. The van der Waals surface area contributed by atoms with E-state index < -0.39 is 32.5 Å². The molecule has 2 atom stereocenters. The van der Waals surface area contributed by atoms with Crippen LogP contribution in [0.15, 0.2) is 122 Å². The van der Waals surface area contributed by atoms with Gasteiger partial charge in [0.05, 0.1) is 13.2 Å². The predicted molar refractivity (Wildman–Crippen MR) is 237 cm³/mol. The Hall–Kier alpha value is -3.59. The lowest BCUT2D eigenvalue weighted by Crippen LogP contribution is -2.29. The fourth-order valence-electron chi connectivity index (χ4n) is 4.88. The largest absolute Gasteiger partial charge is 0.472 e. The highest BCUT2D eigenvalue weighted by atomic mass is 31.2. The second kappa shape index (κ2) is 42.0. The van der Waals surface area contributed by atoms with Gasteiger partial charge in [0, 0.05) is 19.4 Å². The average Bonchev–Trinajstić information content (AvgIpc) is 3.20. The van der Waals surface area contributed by atoms with Gasteiger partial charge in [0.1, 0.15) is 6.61 Å². The van der Waals surface area contributed by atoms with Crippen LogP contribution in [0.25, 0.3) is 0 Å². The zero-order valence-electron chi connectivity index (χ0n) is 35.0. The van der Waals surface area contributed by atoms with E-state index >= 15 is 0 Å².